The van der Waals surface area contributed by atoms with Crippen molar-refractivity contribution in [2.24, 2.45) is 0 Å². The molecule has 0 aliphatic carbocycles. The molecular formula is C63H110O6. The average molecular weight is 964 g/mol. The Hall–Kier alpha value is -3.15. The van der Waals surface area contributed by atoms with Crippen molar-refractivity contribution >= 4 is 17.9 Å². The number of rotatable bonds is 53. The monoisotopic (exact) mass is 963 g/mol. The second-order valence-electron chi connectivity index (χ2n) is 19.5. The Morgan fingerprint density at radius 3 is 0.899 bits per heavy atom. The molecule has 0 aliphatic heterocycles. The van der Waals surface area contributed by atoms with Gasteiger partial charge in [0.15, 0.2) is 6.10 Å². The van der Waals surface area contributed by atoms with E-state index in [0.29, 0.717) is 19.3 Å². The number of hydrogen-bond donors (Lipinski definition) is 0. The van der Waals surface area contributed by atoms with E-state index in [1.807, 2.05) is 0 Å². The molecule has 0 heterocycles. The molecule has 0 rings (SSSR count). The maximum Gasteiger partial charge on any atom is 0.306 e. The van der Waals surface area contributed by atoms with Crippen LogP contribution in [0.1, 0.15) is 290 Å². The largest absolute Gasteiger partial charge is 0.462 e. The first-order valence-corrected chi connectivity index (χ1v) is 29.4. The number of allylic oxidation sites excluding steroid dienone is 12. The smallest absolute Gasteiger partial charge is 0.306 e. The van der Waals surface area contributed by atoms with Gasteiger partial charge in [0.25, 0.3) is 0 Å². The lowest BCUT2D eigenvalue weighted by Gasteiger charge is -2.18. The van der Waals surface area contributed by atoms with Gasteiger partial charge in [-0.1, -0.05) is 248 Å². The summed E-state index contributed by atoms with van der Waals surface area (Å²) in [6.07, 6.45) is 73.6. The highest BCUT2D eigenvalue weighted by Crippen LogP contribution is 2.16. The Kier molecular flexibility index (Phi) is 54.8. The van der Waals surface area contributed by atoms with Crippen LogP contribution in [0.2, 0.25) is 0 Å². The standard InChI is InChI=1S/C63H110O6/c1-4-7-10-13-16-19-22-23-24-25-26-27-28-29-30-31-32-33-34-35-36-37-38-39-40-41-42-45-47-50-53-56-62(65)68-59-60(69-63(66)57-54-51-48-44-21-18-15-12-9-6-3)58-67-61(64)55-52-49-46-43-20-17-14-11-8-5-2/h7,10-12,14-16,19,23-24,26-27,60H,4-6,8-9,13,17-18,20-22,25,28-59H2,1-3H3/b10-7-,14-11-,15-12-,19-16-,24-23-,27-26-. The normalized spacial score (nSPS) is 12.6. The summed E-state index contributed by atoms with van der Waals surface area (Å²) in [7, 11) is 0. The summed E-state index contributed by atoms with van der Waals surface area (Å²) in [6.45, 7) is 6.40. The number of unbranched alkanes of at least 4 members (excludes halogenated alkanes) is 30. The Morgan fingerprint density at radius 2 is 0.565 bits per heavy atom. The molecular weight excluding hydrogens is 853 g/mol. The summed E-state index contributed by atoms with van der Waals surface area (Å²) < 4.78 is 16.8. The Morgan fingerprint density at radius 1 is 0.304 bits per heavy atom. The van der Waals surface area contributed by atoms with Crippen molar-refractivity contribution in [3.05, 3.63) is 72.9 Å². The van der Waals surface area contributed by atoms with Gasteiger partial charge in [0.2, 0.25) is 0 Å². The molecule has 69 heavy (non-hydrogen) atoms. The van der Waals surface area contributed by atoms with E-state index in [-0.39, 0.29) is 31.1 Å². The highest BCUT2D eigenvalue weighted by molar-refractivity contribution is 5.71. The minimum absolute atomic E-state index is 0.0787. The summed E-state index contributed by atoms with van der Waals surface area (Å²) in [5.41, 5.74) is 0. The fourth-order valence-electron chi connectivity index (χ4n) is 8.26. The van der Waals surface area contributed by atoms with Gasteiger partial charge < -0.3 is 14.2 Å². The number of carbonyl (C=O) groups excluding carboxylic acids is 3. The lowest BCUT2D eigenvalue weighted by Crippen LogP contribution is -2.30. The average Bonchev–Trinajstić information content (AvgIpc) is 3.35. The highest BCUT2D eigenvalue weighted by Gasteiger charge is 2.19. The van der Waals surface area contributed by atoms with Crippen molar-refractivity contribution in [3.8, 4) is 0 Å². The zero-order valence-electron chi connectivity index (χ0n) is 45.6. The number of esters is 3. The van der Waals surface area contributed by atoms with E-state index in [4.69, 9.17) is 14.2 Å². The molecule has 6 heteroatoms. The maximum absolute atomic E-state index is 12.7. The van der Waals surface area contributed by atoms with Crippen LogP contribution in [0.3, 0.4) is 0 Å². The molecule has 0 fully saturated rings. The van der Waals surface area contributed by atoms with Gasteiger partial charge in [0, 0.05) is 19.3 Å². The number of ether oxygens (including phenoxy) is 3. The summed E-state index contributed by atoms with van der Waals surface area (Å²) >= 11 is 0. The van der Waals surface area contributed by atoms with E-state index in [9.17, 15) is 14.4 Å². The van der Waals surface area contributed by atoms with Gasteiger partial charge in [-0.3, -0.25) is 14.4 Å². The van der Waals surface area contributed by atoms with Crippen molar-refractivity contribution in [1.29, 1.82) is 0 Å². The van der Waals surface area contributed by atoms with Crippen LogP contribution in [0.25, 0.3) is 0 Å². The van der Waals surface area contributed by atoms with Crippen LogP contribution in [0.5, 0.6) is 0 Å². The van der Waals surface area contributed by atoms with Gasteiger partial charge in [-0.15, -0.1) is 0 Å². The van der Waals surface area contributed by atoms with Gasteiger partial charge in [-0.25, -0.2) is 0 Å². The summed E-state index contributed by atoms with van der Waals surface area (Å²) in [6, 6.07) is 0. The Labute approximate surface area is 427 Å². The maximum atomic E-state index is 12.7. The molecule has 0 aromatic heterocycles. The molecule has 398 valence electrons. The van der Waals surface area contributed by atoms with E-state index in [1.54, 1.807) is 0 Å². The van der Waals surface area contributed by atoms with Crippen LogP contribution < -0.4 is 0 Å². The first kappa shape index (κ1) is 65.8. The molecule has 0 radical (unpaired) electrons. The molecule has 0 N–H and O–H groups in total. The van der Waals surface area contributed by atoms with E-state index >= 15 is 0 Å². The molecule has 0 amide bonds. The van der Waals surface area contributed by atoms with E-state index < -0.39 is 6.10 Å². The Bertz CT molecular complexity index is 1290. The van der Waals surface area contributed by atoms with Crippen molar-refractivity contribution in [2.45, 2.75) is 297 Å². The molecule has 0 bridgehead atoms. The van der Waals surface area contributed by atoms with Crippen LogP contribution >= 0.6 is 0 Å². The third-order valence-corrected chi connectivity index (χ3v) is 12.6. The Balaban J connectivity index is 4.02. The molecule has 0 aliphatic rings. The van der Waals surface area contributed by atoms with Crippen LogP contribution in [-0.2, 0) is 28.6 Å². The number of carbonyl (C=O) groups is 3. The fraction of sp³-hybridized carbons (Fsp3) is 0.762. The van der Waals surface area contributed by atoms with Gasteiger partial charge in [0.05, 0.1) is 0 Å². The van der Waals surface area contributed by atoms with Crippen molar-refractivity contribution < 1.29 is 28.6 Å². The first-order chi connectivity index (χ1) is 34.0. The van der Waals surface area contributed by atoms with Gasteiger partial charge in [-0.2, -0.15) is 0 Å². The predicted octanol–water partition coefficient (Wildman–Crippen LogP) is 19.8. The second kappa shape index (κ2) is 57.4. The van der Waals surface area contributed by atoms with Gasteiger partial charge in [0.1, 0.15) is 13.2 Å². The van der Waals surface area contributed by atoms with Crippen LogP contribution in [0, 0.1) is 0 Å². The third-order valence-electron chi connectivity index (χ3n) is 12.6. The van der Waals surface area contributed by atoms with Gasteiger partial charge >= 0.3 is 17.9 Å². The summed E-state index contributed by atoms with van der Waals surface area (Å²) in [5.74, 6) is -0.894. The molecule has 0 aromatic rings. The molecule has 0 saturated carbocycles. The van der Waals surface area contributed by atoms with Gasteiger partial charge in [-0.05, 0) is 96.3 Å². The minimum Gasteiger partial charge on any atom is -0.462 e. The lowest BCUT2D eigenvalue weighted by atomic mass is 10.0. The second-order valence-corrected chi connectivity index (χ2v) is 19.5. The lowest BCUT2D eigenvalue weighted by molar-refractivity contribution is -0.167. The molecule has 0 spiro atoms. The van der Waals surface area contributed by atoms with Crippen molar-refractivity contribution in [1.82, 2.24) is 0 Å². The van der Waals surface area contributed by atoms with Crippen molar-refractivity contribution in [2.75, 3.05) is 13.2 Å². The van der Waals surface area contributed by atoms with E-state index in [2.05, 4.69) is 93.7 Å². The summed E-state index contributed by atoms with van der Waals surface area (Å²) in [4.78, 5) is 37.9. The minimum atomic E-state index is -0.778. The number of hydrogen-bond acceptors (Lipinski definition) is 6. The zero-order chi connectivity index (χ0) is 50.0. The quantitative estimate of drug-likeness (QED) is 0.0262. The van der Waals surface area contributed by atoms with Crippen molar-refractivity contribution in [3.63, 3.8) is 0 Å². The van der Waals surface area contributed by atoms with E-state index in [1.165, 1.54) is 135 Å². The molecule has 1 atom stereocenters. The zero-order valence-corrected chi connectivity index (χ0v) is 45.6. The SMILES string of the molecule is CC/C=C\C/C=C\C/C=C\C/C=C\CCCCCCCCCCCCCCCCCCCCC(=O)OCC(COC(=O)CCCCCCC/C=C\CCC)OC(=O)CCCCCCC/C=C\CCC. The predicted molar refractivity (Wildman–Crippen MR) is 298 cm³/mol. The topological polar surface area (TPSA) is 78.9 Å². The third kappa shape index (κ3) is 55.6. The van der Waals surface area contributed by atoms with Crippen LogP contribution in [-0.4, -0.2) is 37.2 Å². The van der Waals surface area contributed by atoms with Crippen LogP contribution in [0.4, 0.5) is 0 Å². The summed E-state index contributed by atoms with van der Waals surface area (Å²) in [5, 5.41) is 0. The highest BCUT2D eigenvalue weighted by atomic mass is 16.6. The fourth-order valence-corrected chi connectivity index (χ4v) is 8.26. The molecule has 0 aromatic carbocycles. The molecule has 1 unspecified atom stereocenters. The first-order valence-electron chi connectivity index (χ1n) is 29.4. The molecule has 6 nitrogen and oxygen atoms in total. The van der Waals surface area contributed by atoms with E-state index in [0.717, 1.165) is 116 Å². The molecule has 0 saturated heterocycles. The van der Waals surface area contributed by atoms with Crippen LogP contribution in [0.15, 0.2) is 72.9 Å².